The van der Waals surface area contributed by atoms with Crippen molar-refractivity contribution in [1.82, 2.24) is 15.1 Å². The average Bonchev–Trinajstić information content (AvgIpc) is 3.17. The first kappa shape index (κ1) is 19.0. The monoisotopic (exact) mass is 380 g/mol. The van der Waals surface area contributed by atoms with Crippen LogP contribution in [0.5, 0.6) is 11.5 Å². The summed E-state index contributed by atoms with van der Waals surface area (Å²) in [6.45, 7) is -0.274. The Labute approximate surface area is 161 Å². The van der Waals surface area contributed by atoms with Crippen LogP contribution in [0.1, 0.15) is 10.4 Å². The van der Waals surface area contributed by atoms with E-state index in [9.17, 15) is 9.59 Å². The van der Waals surface area contributed by atoms with Crippen LogP contribution < -0.4 is 20.5 Å². The number of ether oxygens (including phenoxy) is 2. The highest BCUT2D eigenvalue weighted by Gasteiger charge is 2.22. The molecule has 0 aliphatic rings. The molecule has 1 aromatic heterocycles. The van der Waals surface area contributed by atoms with Crippen molar-refractivity contribution in [2.45, 2.75) is 0 Å². The third-order valence-electron chi connectivity index (χ3n) is 4.06. The van der Waals surface area contributed by atoms with Gasteiger partial charge in [0.05, 0.1) is 32.0 Å². The first-order valence-corrected chi connectivity index (χ1v) is 8.47. The zero-order valence-corrected chi connectivity index (χ0v) is 15.5. The maximum Gasteiger partial charge on any atom is 0.255 e. The van der Waals surface area contributed by atoms with Gasteiger partial charge in [-0.1, -0.05) is 18.2 Å². The summed E-state index contributed by atoms with van der Waals surface area (Å²) in [7, 11) is 3.08. The number of nitrogens with zero attached hydrogens (tertiary/aromatic N) is 2. The maximum absolute atomic E-state index is 12.7. The van der Waals surface area contributed by atoms with Gasteiger partial charge in [-0.15, -0.1) is 0 Å². The molecule has 28 heavy (non-hydrogen) atoms. The third-order valence-corrected chi connectivity index (χ3v) is 4.06. The SMILES string of the molecule is COc1ccc(OC)c(-c2nn(-c3ccccc3)cc2C(=O)NCC(N)=O)c1. The molecular weight excluding hydrogens is 360 g/mol. The third kappa shape index (κ3) is 3.96. The molecule has 144 valence electrons. The number of amides is 2. The molecular formula is C20H20N4O4. The lowest BCUT2D eigenvalue weighted by Gasteiger charge is -2.10. The smallest absolute Gasteiger partial charge is 0.255 e. The van der Waals surface area contributed by atoms with Gasteiger partial charge in [-0.05, 0) is 30.3 Å². The van der Waals surface area contributed by atoms with Crippen LogP contribution in [0.2, 0.25) is 0 Å². The topological polar surface area (TPSA) is 108 Å². The van der Waals surface area contributed by atoms with Crippen molar-refractivity contribution in [3.8, 4) is 28.4 Å². The number of nitrogens with two attached hydrogens (primary N) is 1. The Morgan fingerprint density at radius 3 is 2.50 bits per heavy atom. The molecule has 3 N–H and O–H groups in total. The first-order valence-electron chi connectivity index (χ1n) is 8.47. The maximum atomic E-state index is 12.7. The number of aromatic nitrogens is 2. The molecule has 0 aliphatic carbocycles. The summed E-state index contributed by atoms with van der Waals surface area (Å²) in [4.78, 5) is 23.7. The minimum Gasteiger partial charge on any atom is -0.497 e. The van der Waals surface area contributed by atoms with Gasteiger partial charge in [0.1, 0.15) is 17.2 Å². The highest BCUT2D eigenvalue weighted by molar-refractivity contribution is 6.01. The minimum absolute atomic E-state index is 0.274. The molecule has 0 bridgehead atoms. The molecule has 0 fully saturated rings. The molecule has 0 radical (unpaired) electrons. The summed E-state index contributed by atoms with van der Waals surface area (Å²) < 4.78 is 12.3. The zero-order chi connectivity index (χ0) is 20.1. The van der Waals surface area contributed by atoms with Crippen molar-refractivity contribution in [2.24, 2.45) is 5.73 Å². The second-order valence-corrected chi connectivity index (χ2v) is 5.89. The summed E-state index contributed by atoms with van der Waals surface area (Å²) in [5.41, 5.74) is 7.16. The van der Waals surface area contributed by atoms with Gasteiger partial charge in [0.25, 0.3) is 5.91 Å². The Kier molecular flexibility index (Phi) is 5.59. The lowest BCUT2D eigenvalue weighted by atomic mass is 10.1. The summed E-state index contributed by atoms with van der Waals surface area (Å²) in [5, 5.41) is 7.09. The fourth-order valence-corrected chi connectivity index (χ4v) is 2.71. The number of para-hydroxylation sites is 1. The van der Waals surface area contributed by atoms with Crippen molar-refractivity contribution in [2.75, 3.05) is 20.8 Å². The highest BCUT2D eigenvalue weighted by Crippen LogP contribution is 2.35. The number of nitrogens with one attached hydrogen (secondary N) is 1. The molecule has 0 atom stereocenters. The normalized spacial score (nSPS) is 10.4. The quantitative estimate of drug-likeness (QED) is 0.649. The van der Waals surface area contributed by atoms with E-state index in [4.69, 9.17) is 15.2 Å². The van der Waals surface area contributed by atoms with Gasteiger partial charge in [0, 0.05) is 11.8 Å². The number of hydrogen-bond acceptors (Lipinski definition) is 5. The van der Waals surface area contributed by atoms with Crippen LogP contribution in [0.15, 0.2) is 54.7 Å². The molecule has 0 spiro atoms. The molecule has 2 aromatic carbocycles. The highest BCUT2D eigenvalue weighted by atomic mass is 16.5. The number of benzene rings is 2. The van der Waals surface area contributed by atoms with E-state index in [1.807, 2.05) is 30.3 Å². The molecule has 3 rings (SSSR count). The fraction of sp³-hybridized carbons (Fsp3) is 0.150. The van der Waals surface area contributed by atoms with E-state index in [1.54, 1.807) is 36.2 Å². The second kappa shape index (κ2) is 8.26. The Balaban J connectivity index is 2.14. The number of hydrogen-bond donors (Lipinski definition) is 2. The van der Waals surface area contributed by atoms with Crippen LogP contribution in [0, 0.1) is 0 Å². The largest absolute Gasteiger partial charge is 0.497 e. The molecule has 0 saturated carbocycles. The van der Waals surface area contributed by atoms with Crippen molar-refractivity contribution < 1.29 is 19.1 Å². The summed E-state index contributed by atoms with van der Waals surface area (Å²) in [5.74, 6) is 0.0155. The number of rotatable bonds is 7. The number of methoxy groups -OCH3 is 2. The van der Waals surface area contributed by atoms with E-state index >= 15 is 0 Å². The standard InChI is InChI=1S/C20H20N4O4/c1-27-14-8-9-17(28-2)15(10-14)19-16(20(26)22-11-18(21)25)12-24(23-19)13-6-4-3-5-7-13/h3-10,12H,11H2,1-2H3,(H2,21,25)(H,22,26). The lowest BCUT2D eigenvalue weighted by Crippen LogP contribution is -2.33. The lowest BCUT2D eigenvalue weighted by molar-refractivity contribution is -0.117. The van der Waals surface area contributed by atoms with E-state index < -0.39 is 11.8 Å². The van der Waals surface area contributed by atoms with Crippen molar-refractivity contribution >= 4 is 11.8 Å². The van der Waals surface area contributed by atoms with Gasteiger partial charge in [0.15, 0.2) is 0 Å². The van der Waals surface area contributed by atoms with Gasteiger partial charge < -0.3 is 20.5 Å². The minimum atomic E-state index is -0.635. The summed E-state index contributed by atoms with van der Waals surface area (Å²) in [6, 6.07) is 14.6. The van der Waals surface area contributed by atoms with E-state index in [0.29, 0.717) is 22.8 Å². The fourth-order valence-electron chi connectivity index (χ4n) is 2.71. The van der Waals surface area contributed by atoms with E-state index in [0.717, 1.165) is 5.69 Å². The Morgan fingerprint density at radius 1 is 1.11 bits per heavy atom. The molecule has 0 aliphatic heterocycles. The molecule has 0 unspecified atom stereocenters. The van der Waals surface area contributed by atoms with Crippen molar-refractivity contribution in [3.05, 3.63) is 60.3 Å². The summed E-state index contributed by atoms with van der Waals surface area (Å²) in [6.07, 6.45) is 1.60. The van der Waals surface area contributed by atoms with E-state index in [1.165, 1.54) is 7.11 Å². The van der Waals surface area contributed by atoms with Gasteiger partial charge in [-0.25, -0.2) is 4.68 Å². The first-order chi connectivity index (χ1) is 13.5. The second-order valence-electron chi connectivity index (χ2n) is 5.89. The van der Waals surface area contributed by atoms with Gasteiger partial charge in [-0.2, -0.15) is 5.10 Å². The number of primary amides is 1. The van der Waals surface area contributed by atoms with Crippen LogP contribution in [0.25, 0.3) is 16.9 Å². The van der Waals surface area contributed by atoms with Gasteiger partial charge in [0.2, 0.25) is 5.91 Å². The van der Waals surface area contributed by atoms with Gasteiger partial charge >= 0.3 is 0 Å². The van der Waals surface area contributed by atoms with Gasteiger partial charge in [-0.3, -0.25) is 9.59 Å². The Bertz CT molecular complexity index is 999. The van der Waals surface area contributed by atoms with E-state index in [2.05, 4.69) is 10.4 Å². The molecule has 8 nitrogen and oxygen atoms in total. The van der Waals surface area contributed by atoms with E-state index in [-0.39, 0.29) is 12.1 Å². The Hall–Kier alpha value is -3.81. The molecule has 3 aromatic rings. The van der Waals surface area contributed by atoms with Crippen LogP contribution in [-0.4, -0.2) is 42.4 Å². The van der Waals surface area contributed by atoms with Crippen molar-refractivity contribution in [3.63, 3.8) is 0 Å². The number of carbonyl (C=O) groups is 2. The van der Waals surface area contributed by atoms with Crippen LogP contribution in [-0.2, 0) is 4.79 Å². The number of carbonyl (C=O) groups excluding carboxylic acids is 2. The van der Waals surface area contributed by atoms with Crippen LogP contribution >= 0.6 is 0 Å². The summed E-state index contributed by atoms with van der Waals surface area (Å²) >= 11 is 0. The molecule has 0 saturated heterocycles. The predicted octanol–water partition coefficient (Wildman–Crippen LogP) is 1.77. The predicted molar refractivity (Wildman–Crippen MR) is 104 cm³/mol. The molecule has 8 heteroatoms. The molecule has 1 heterocycles. The average molecular weight is 380 g/mol. The Morgan fingerprint density at radius 2 is 1.86 bits per heavy atom. The van der Waals surface area contributed by atoms with Crippen LogP contribution in [0.4, 0.5) is 0 Å². The zero-order valence-electron chi connectivity index (χ0n) is 15.5. The van der Waals surface area contributed by atoms with Crippen molar-refractivity contribution in [1.29, 1.82) is 0 Å². The molecule has 2 amide bonds. The van der Waals surface area contributed by atoms with Crippen LogP contribution in [0.3, 0.4) is 0 Å².